The summed E-state index contributed by atoms with van der Waals surface area (Å²) in [5.74, 6) is -0.148. The maximum Gasteiger partial charge on any atom is 0.133 e. The fourth-order valence-corrected chi connectivity index (χ4v) is 2.37. The van der Waals surface area contributed by atoms with Crippen LogP contribution >= 0.6 is 0 Å². The van der Waals surface area contributed by atoms with Crippen molar-refractivity contribution in [1.29, 1.82) is 0 Å². The smallest absolute Gasteiger partial charge is 0.133 e. The zero-order valence-electron chi connectivity index (χ0n) is 9.97. The third kappa shape index (κ3) is 1.44. The Morgan fingerprint density at radius 2 is 2.00 bits per heavy atom. The molecule has 1 nitrogen and oxygen atoms in total. The van der Waals surface area contributed by atoms with E-state index in [1.54, 1.807) is 6.07 Å². The number of hydrogen-bond donors (Lipinski definition) is 1. The topological polar surface area (TPSA) is 15.8 Å². The Morgan fingerprint density at radius 3 is 2.76 bits per heavy atom. The molecule has 3 aromatic rings. The van der Waals surface area contributed by atoms with Gasteiger partial charge < -0.3 is 4.98 Å². The molecule has 3 rings (SSSR count). The summed E-state index contributed by atoms with van der Waals surface area (Å²) in [4.78, 5) is 3.30. The van der Waals surface area contributed by atoms with Crippen molar-refractivity contribution in [3.05, 3.63) is 47.3 Å². The molecule has 2 heteroatoms. The molecule has 1 N–H and O–H groups in total. The molecular formula is C15H14FN. The quantitative estimate of drug-likeness (QED) is 0.636. The molecule has 0 atom stereocenters. The predicted octanol–water partition coefficient (Wildman–Crippen LogP) is 4.33. The van der Waals surface area contributed by atoms with Crippen LogP contribution in [-0.4, -0.2) is 4.98 Å². The summed E-state index contributed by atoms with van der Waals surface area (Å²) < 4.78 is 13.9. The fourth-order valence-electron chi connectivity index (χ4n) is 2.37. The molecule has 1 heterocycles. The van der Waals surface area contributed by atoms with Crippen LogP contribution in [0.4, 0.5) is 4.39 Å². The van der Waals surface area contributed by atoms with Crippen LogP contribution in [0.1, 0.15) is 18.1 Å². The Labute approximate surface area is 99.3 Å². The molecular weight excluding hydrogens is 213 g/mol. The van der Waals surface area contributed by atoms with Gasteiger partial charge in [-0.25, -0.2) is 4.39 Å². The molecule has 0 amide bonds. The summed E-state index contributed by atoms with van der Waals surface area (Å²) in [6.45, 7) is 4.11. The highest BCUT2D eigenvalue weighted by molar-refractivity contribution is 6.08. The predicted molar refractivity (Wildman–Crippen MR) is 69.9 cm³/mol. The molecule has 2 aromatic carbocycles. The monoisotopic (exact) mass is 227 g/mol. The minimum atomic E-state index is -0.148. The summed E-state index contributed by atoms with van der Waals surface area (Å²) in [5, 5.41) is 1.70. The average Bonchev–Trinajstić information content (AvgIpc) is 2.73. The van der Waals surface area contributed by atoms with E-state index >= 15 is 0 Å². The zero-order chi connectivity index (χ0) is 12.0. The SMILES string of the molecule is CCc1ccc2[nH]c3c(C)ccc(F)c3c2c1. The second-order valence-electron chi connectivity index (χ2n) is 4.47. The summed E-state index contributed by atoms with van der Waals surface area (Å²) in [7, 11) is 0. The molecule has 0 unspecified atom stereocenters. The first-order chi connectivity index (χ1) is 8.20. The lowest BCUT2D eigenvalue weighted by atomic mass is 10.1. The van der Waals surface area contributed by atoms with Crippen molar-refractivity contribution in [1.82, 2.24) is 4.98 Å². The number of aromatic nitrogens is 1. The van der Waals surface area contributed by atoms with Gasteiger partial charge in [-0.05, 0) is 42.7 Å². The number of benzene rings is 2. The normalized spacial score (nSPS) is 11.5. The van der Waals surface area contributed by atoms with Crippen LogP contribution in [0.15, 0.2) is 30.3 Å². The molecule has 0 aliphatic rings. The Kier molecular flexibility index (Phi) is 2.18. The number of aromatic amines is 1. The van der Waals surface area contributed by atoms with E-state index in [0.717, 1.165) is 33.8 Å². The van der Waals surface area contributed by atoms with Crippen molar-refractivity contribution in [2.75, 3.05) is 0 Å². The van der Waals surface area contributed by atoms with Gasteiger partial charge in [0, 0.05) is 16.3 Å². The lowest BCUT2D eigenvalue weighted by Gasteiger charge is -1.98. The van der Waals surface area contributed by atoms with Gasteiger partial charge in [0.05, 0.1) is 5.52 Å². The largest absolute Gasteiger partial charge is 0.354 e. The van der Waals surface area contributed by atoms with Crippen molar-refractivity contribution in [3.8, 4) is 0 Å². The van der Waals surface area contributed by atoms with Crippen LogP contribution in [0.5, 0.6) is 0 Å². The van der Waals surface area contributed by atoms with Gasteiger partial charge in [-0.2, -0.15) is 0 Å². The highest BCUT2D eigenvalue weighted by Gasteiger charge is 2.10. The molecule has 86 valence electrons. The van der Waals surface area contributed by atoms with Gasteiger partial charge in [0.2, 0.25) is 0 Å². The molecule has 0 saturated heterocycles. The first-order valence-electron chi connectivity index (χ1n) is 5.90. The summed E-state index contributed by atoms with van der Waals surface area (Å²) in [5.41, 5.74) is 4.23. The summed E-state index contributed by atoms with van der Waals surface area (Å²) >= 11 is 0. The van der Waals surface area contributed by atoms with Gasteiger partial charge in [0.15, 0.2) is 0 Å². The first-order valence-corrected chi connectivity index (χ1v) is 5.90. The lowest BCUT2D eigenvalue weighted by Crippen LogP contribution is -1.81. The van der Waals surface area contributed by atoms with E-state index in [2.05, 4.69) is 24.0 Å². The van der Waals surface area contributed by atoms with Crippen LogP contribution in [0.25, 0.3) is 21.8 Å². The molecule has 0 radical (unpaired) electrons. The summed E-state index contributed by atoms with van der Waals surface area (Å²) in [6.07, 6.45) is 0.968. The minimum Gasteiger partial charge on any atom is -0.354 e. The second kappa shape index (κ2) is 3.59. The van der Waals surface area contributed by atoms with Crippen LogP contribution in [-0.2, 0) is 6.42 Å². The van der Waals surface area contributed by atoms with Gasteiger partial charge in [0.1, 0.15) is 5.82 Å². The average molecular weight is 227 g/mol. The van der Waals surface area contributed by atoms with Gasteiger partial charge in [-0.1, -0.05) is 19.1 Å². The van der Waals surface area contributed by atoms with Crippen LogP contribution < -0.4 is 0 Å². The number of H-pyrrole nitrogens is 1. The standard InChI is InChI=1S/C15H14FN/c1-3-10-5-7-13-11(8-10)14-12(16)6-4-9(2)15(14)17-13/h4-8,17H,3H2,1-2H3. The van der Waals surface area contributed by atoms with E-state index in [4.69, 9.17) is 0 Å². The van der Waals surface area contributed by atoms with Crippen molar-refractivity contribution < 1.29 is 4.39 Å². The highest BCUT2D eigenvalue weighted by Crippen LogP contribution is 2.30. The fraction of sp³-hybridized carbons (Fsp3) is 0.200. The Bertz CT molecular complexity index is 710. The first kappa shape index (κ1) is 10.3. The summed E-state index contributed by atoms with van der Waals surface area (Å²) in [6, 6.07) is 9.56. The Morgan fingerprint density at radius 1 is 1.18 bits per heavy atom. The molecule has 0 aliphatic carbocycles. The second-order valence-corrected chi connectivity index (χ2v) is 4.47. The van der Waals surface area contributed by atoms with E-state index in [1.807, 2.05) is 19.1 Å². The van der Waals surface area contributed by atoms with Gasteiger partial charge in [-0.3, -0.25) is 0 Å². The Hall–Kier alpha value is -1.83. The van der Waals surface area contributed by atoms with E-state index < -0.39 is 0 Å². The van der Waals surface area contributed by atoms with Crippen molar-refractivity contribution in [2.45, 2.75) is 20.3 Å². The molecule has 0 aliphatic heterocycles. The van der Waals surface area contributed by atoms with E-state index in [-0.39, 0.29) is 5.82 Å². The van der Waals surface area contributed by atoms with Gasteiger partial charge >= 0.3 is 0 Å². The Balaban J connectivity index is 2.52. The minimum absolute atomic E-state index is 0.148. The molecule has 0 fully saturated rings. The number of aryl methyl sites for hydroxylation is 2. The number of hydrogen-bond acceptors (Lipinski definition) is 0. The van der Waals surface area contributed by atoms with Crippen LogP contribution in [0.3, 0.4) is 0 Å². The maximum absolute atomic E-state index is 13.9. The van der Waals surface area contributed by atoms with Crippen molar-refractivity contribution >= 4 is 21.8 Å². The molecule has 0 bridgehead atoms. The van der Waals surface area contributed by atoms with Gasteiger partial charge in [-0.15, -0.1) is 0 Å². The van der Waals surface area contributed by atoms with E-state index in [1.165, 1.54) is 5.56 Å². The third-order valence-corrected chi connectivity index (χ3v) is 3.38. The highest BCUT2D eigenvalue weighted by atomic mass is 19.1. The molecule has 0 saturated carbocycles. The van der Waals surface area contributed by atoms with E-state index in [0.29, 0.717) is 0 Å². The number of rotatable bonds is 1. The number of fused-ring (bicyclic) bond motifs is 3. The molecule has 1 aromatic heterocycles. The van der Waals surface area contributed by atoms with Crippen LogP contribution in [0, 0.1) is 12.7 Å². The van der Waals surface area contributed by atoms with Crippen LogP contribution in [0.2, 0.25) is 0 Å². The lowest BCUT2D eigenvalue weighted by molar-refractivity contribution is 0.640. The number of halogens is 1. The molecule has 0 spiro atoms. The van der Waals surface area contributed by atoms with Gasteiger partial charge in [0.25, 0.3) is 0 Å². The molecule has 17 heavy (non-hydrogen) atoms. The number of nitrogens with one attached hydrogen (secondary N) is 1. The van der Waals surface area contributed by atoms with Crippen molar-refractivity contribution in [2.24, 2.45) is 0 Å². The maximum atomic E-state index is 13.9. The van der Waals surface area contributed by atoms with Crippen molar-refractivity contribution in [3.63, 3.8) is 0 Å². The third-order valence-electron chi connectivity index (χ3n) is 3.38. The van der Waals surface area contributed by atoms with E-state index in [9.17, 15) is 4.39 Å². The zero-order valence-corrected chi connectivity index (χ0v) is 9.97.